The van der Waals surface area contributed by atoms with E-state index in [1.54, 1.807) is 12.1 Å². The minimum absolute atomic E-state index is 0.158. The van der Waals surface area contributed by atoms with Crippen LogP contribution in [0.15, 0.2) is 12.1 Å². The molecule has 1 rings (SSSR count). The van der Waals surface area contributed by atoms with Gasteiger partial charge in [-0.2, -0.15) is 5.26 Å². The Bertz CT molecular complexity index is 446. The number of benzene rings is 1. The Kier molecular flexibility index (Phi) is 4.03. The summed E-state index contributed by atoms with van der Waals surface area (Å²) in [5.41, 5.74) is 2.21. The van der Waals surface area contributed by atoms with Gasteiger partial charge in [0.1, 0.15) is 0 Å². The van der Waals surface area contributed by atoms with Crippen LogP contribution < -0.4 is 0 Å². The van der Waals surface area contributed by atoms with Gasteiger partial charge in [0.05, 0.1) is 24.7 Å². The SMILES string of the molecule is CCc1ccc(C#N)c(CO)c1CC(=O)O. The zero-order chi connectivity index (χ0) is 12.1. The Labute approximate surface area is 93.8 Å². The van der Waals surface area contributed by atoms with Crippen LogP contribution in [0.3, 0.4) is 0 Å². The molecule has 0 aromatic heterocycles. The van der Waals surface area contributed by atoms with Gasteiger partial charge in [0.25, 0.3) is 0 Å². The minimum Gasteiger partial charge on any atom is -0.481 e. The highest BCUT2D eigenvalue weighted by Gasteiger charge is 2.14. The van der Waals surface area contributed by atoms with Crippen molar-refractivity contribution < 1.29 is 15.0 Å². The number of aliphatic hydroxyl groups excluding tert-OH is 1. The van der Waals surface area contributed by atoms with E-state index in [-0.39, 0.29) is 13.0 Å². The lowest BCUT2D eigenvalue weighted by Gasteiger charge is -2.12. The first-order chi connectivity index (χ1) is 7.63. The number of carboxylic acids is 1. The molecule has 1 aromatic rings. The maximum Gasteiger partial charge on any atom is 0.307 e. The largest absolute Gasteiger partial charge is 0.481 e. The first-order valence-electron chi connectivity index (χ1n) is 5.00. The Balaban J connectivity index is 3.37. The molecule has 2 N–H and O–H groups in total. The summed E-state index contributed by atoms with van der Waals surface area (Å²) in [5, 5.41) is 26.9. The number of rotatable bonds is 4. The van der Waals surface area contributed by atoms with Crippen molar-refractivity contribution in [2.75, 3.05) is 0 Å². The molecule has 0 aliphatic carbocycles. The molecule has 0 bridgehead atoms. The third kappa shape index (κ3) is 2.38. The number of hydrogen-bond acceptors (Lipinski definition) is 3. The summed E-state index contributed by atoms with van der Waals surface area (Å²) in [6.45, 7) is 1.60. The summed E-state index contributed by atoms with van der Waals surface area (Å²) in [5.74, 6) is -0.959. The van der Waals surface area contributed by atoms with Crippen molar-refractivity contribution in [3.63, 3.8) is 0 Å². The maximum absolute atomic E-state index is 10.7. The number of carboxylic acid groups (broad SMARTS) is 1. The number of carbonyl (C=O) groups is 1. The second-order valence-corrected chi connectivity index (χ2v) is 3.42. The van der Waals surface area contributed by atoms with Crippen LogP contribution in [0.2, 0.25) is 0 Å². The minimum atomic E-state index is -0.959. The van der Waals surface area contributed by atoms with Crippen LogP contribution in [0, 0.1) is 11.3 Å². The number of nitriles is 1. The smallest absolute Gasteiger partial charge is 0.307 e. The van der Waals surface area contributed by atoms with Crippen LogP contribution in [0.25, 0.3) is 0 Å². The lowest BCUT2D eigenvalue weighted by Crippen LogP contribution is -2.09. The van der Waals surface area contributed by atoms with Crippen molar-refractivity contribution in [2.24, 2.45) is 0 Å². The van der Waals surface area contributed by atoms with Crippen molar-refractivity contribution in [3.05, 3.63) is 34.4 Å². The van der Waals surface area contributed by atoms with E-state index >= 15 is 0 Å². The van der Waals surface area contributed by atoms with E-state index in [9.17, 15) is 9.90 Å². The Morgan fingerprint density at radius 3 is 2.56 bits per heavy atom. The number of hydrogen-bond donors (Lipinski definition) is 2. The summed E-state index contributed by atoms with van der Waals surface area (Å²) in [6, 6.07) is 5.33. The van der Waals surface area contributed by atoms with Gasteiger partial charge >= 0.3 is 5.97 Å². The second kappa shape index (κ2) is 5.29. The summed E-state index contributed by atoms with van der Waals surface area (Å²) in [6.07, 6.45) is 0.524. The Morgan fingerprint density at radius 1 is 1.44 bits per heavy atom. The van der Waals surface area contributed by atoms with E-state index in [1.807, 2.05) is 13.0 Å². The molecule has 0 atom stereocenters. The van der Waals surface area contributed by atoms with E-state index in [0.717, 1.165) is 5.56 Å². The van der Waals surface area contributed by atoms with Gasteiger partial charge < -0.3 is 10.2 Å². The van der Waals surface area contributed by atoms with Crippen LogP contribution in [0.4, 0.5) is 0 Å². The Morgan fingerprint density at radius 2 is 2.12 bits per heavy atom. The van der Waals surface area contributed by atoms with Crippen molar-refractivity contribution in [1.29, 1.82) is 5.26 Å². The van der Waals surface area contributed by atoms with Gasteiger partial charge in [0.2, 0.25) is 0 Å². The molecule has 1 aromatic carbocycles. The fourth-order valence-corrected chi connectivity index (χ4v) is 1.73. The third-order valence-corrected chi connectivity index (χ3v) is 2.52. The molecule has 0 heterocycles. The molecule has 0 aliphatic heterocycles. The highest BCUT2D eigenvalue weighted by molar-refractivity contribution is 5.72. The monoisotopic (exact) mass is 219 g/mol. The van der Waals surface area contributed by atoms with E-state index in [2.05, 4.69) is 0 Å². The summed E-state index contributed by atoms with van der Waals surface area (Å²) >= 11 is 0. The van der Waals surface area contributed by atoms with Crippen molar-refractivity contribution >= 4 is 5.97 Å². The van der Waals surface area contributed by atoms with Crippen LogP contribution >= 0.6 is 0 Å². The highest BCUT2D eigenvalue weighted by atomic mass is 16.4. The lowest BCUT2D eigenvalue weighted by atomic mass is 9.93. The van der Waals surface area contributed by atoms with Gasteiger partial charge in [0, 0.05) is 0 Å². The number of aliphatic hydroxyl groups is 1. The molecule has 0 radical (unpaired) electrons. The fraction of sp³-hybridized carbons (Fsp3) is 0.333. The van der Waals surface area contributed by atoms with Gasteiger partial charge in [-0.15, -0.1) is 0 Å². The normalized spacial score (nSPS) is 9.81. The van der Waals surface area contributed by atoms with Crippen molar-refractivity contribution in [2.45, 2.75) is 26.4 Å². The number of aliphatic carboxylic acids is 1. The first kappa shape index (κ1) is 12.2. The molecule has 4 heteroatoms. The standard InChI is InChI=1S/C12H13NO3/c1-2-8-3-4-9(6-13)11(7-14)10(8)5-12(15)16/h3-4,14H,2,5,7H2,1H3,(H,15,16). The van der Waals surface area contributed by atoms with Crippen LogP contribution in [-0.2, 0) is 24.2 Å². The molecule has 0 spiro atoms. The molecular weight excluding hydrogens is 206 g/mol. The average Bonchev–Trinajstić information content (AvgIpc) is 2.27. The van der Waals surface area contributed by atoms with E-state index in [0.29, 0.717) is 23.1 Å². The number of nitrogens with zero attached hydrogens (tertiary/aromatic N) is 1. The topological polar surface area (TPSA) is 81.3 Å². The molecule has 4 nitrogen and oxygen atoms in total. The third-order valence-electron chi connectivity index (χ3n) is 2.52. The van der Waals surface area contributed by atoms with Crippen LogP contribution in [0.1, 0.15) is 29.2 Å². The quantitative estimate of drug-likeness (QED) is 0.798. The van der Waals surface area contributed by atoms with Crippen LogP contribution in [-0.4, -0.2) is 16.2 Å². The fourth-order valence-electron chi connectivity index (χ4n) is 1.73. The summed E-state index contributed by atoms with van der Waals surface area (Å²) in [7, 11) is 0. The summed E-state index contributed by atoms with van der Waals surface area (Å²) in [4.78, 5) is 10.7. The predicted molar refractivity (Wildman–Crippen MR) is 57.8 cm³/mol. The highest BCUT2D eigenvalue weighted by Crippen LogP contribution is 2.20. The summed E-state index contributed by atoms with van der Waals surface area (Å²) < 4.78 is 0. The molecular formula is C12H13NO3. The van der Waals surface area contributed by atoms with Crippen molar-refractivity contribution in [1.82, 2.24) is 0 Å². The number of aryl methyl sites for hydroxylation is 1. The molecule has 0 saturated heterocycles. The Hall–Kier alpha value is -1.86. The molecule has 0 unspecified atom stereocenters. The van der Waals surface area contributed by atoms with Crippen molar-refractivity contribution in [3.8, 4) is 6.07 Å². The van der Waals surface area contributed by atoms with Gasteiger partial charge in [-0.3, -0.25) is 4.79 Å². The van der Waals surface area contributed by atoms with Gasteiger partial charge in [-0.25, -0.2) is 0 Å². The molecule has 0 saturated carbocycles. The zero-order valence-electron chi connectivity index (χ0n) is 9.03. The lowest BCUT2D eigenvalue weighted by molar-refractivity contribution is -0.136. The first-order valence-corrected chi connectivity index (χ1v) is 5.00. The maximum atomic E-state index is 10.7. The van der Waals surface area contributed by atoms with Gasteiger partial charge in [0.15, 0.2) is 0 Å². The van der Waals surface area contributed by atoms with E-state index in [4.69, 9.17) is 10.4 Å². The predicted octanol–water partition coefficient (Wildman–Crippen LogP) is 1.24. The molecule has 0 aliphatic rings. The second-order valence-electron chi connectivity index (χ2n) is 3.42. The zero-order valence-corrected chi connectivity index (χ0v) is 9.03. The van der Waals surface area contributed by atoms with E-state index in [1.165, 1.54) is 0 Å². The van der Waals surface area contributed by atoms with Gasteiger partial charge in [-0.1, -0.05) is 13.0 Å². The van der Waals surface area contributed by atoms with Gasteiger partial charge in [-0.05, 0) is 29.2 Å². The molecule has 16 heavy (non-hydrogen) atoms. The molecule has 0 amide bonds. The molecule has 0 fully saturated rings. The molecule has 84 valence electrons. The van der Waals surface area contributed by atoms with Crippen LogP contribution in [0.5, 0.6) is 0 Å². The van der Waals surface area contributed by atoms with E-state index < -0.39 is 5.97 Å². The average molecular weight is 219 g/mol.